The third kappa shape index (κ3) is 4.50. The first-order valence-electron chi connectivity index (χ1n) is 17.3. The number of furan rings is 2. The topological polar surface area (TPSA) is 52.1 Å². The lowest BCUT2D eigenvalue weighted by molar-refractivity contribution is 0.668. The molecule has 0 atom stereocenters. The highest BCUT2D eigenvalue weighted by atomic mass is 16.3. The summed E-state index contributed by atoms with van der Waals surface area (Å²) >= 11 is 0. The van der Waals surface area contributed by atoms with Crippen LogP contribution in [0.4, 0.5) is 0 Å². The van der Waals surface area contributed by atoms with Gasteiger partial charge >= 0.3 is 0 Å². The number of rotatable bonds is 4. The predicted octanol–water partition coefficient (Wildman–Crippen LogP) is 12.9. The van der Waals surface area contributed by atoms with Gasteiger partial charge in [0.25, 0.3) is 0 Å². The van der Waals surface area contributed by atoms with E-state index in [1.54, 1.807) is 0 Å². The number of para-hydroxylation sites is 2. The van der Waals surface area contributed by atoms with Gasteiger partial charge in [-0.2, -0.15) is 0 Å². The van der Waals surface area contributed by atoms with Crippen LogP contribution in [-0.2, 0) is 0 Å². The lowest BCUT2D eigenvalue weighted by Gasteiger charge is -2.13. The van der Waals surface area contributed by atoms with Gasteiger partial charge in [0.05, 0.1) is 27.8 Å². The van der Waals surface area contributed by atoms with Gasteiger partial charge < -0.3 is 8.83 Å². The highest BCUT2D eigenvalue weighted by Crippen LogP contribution is 2.39. The monoisotopic (exact) mass is 662 g/mol. The maximum absolute atomic E-state index is 6.29. The summed E-state index contributed by atoms with van der Waals surface area (Å²) in [5.41, 5.74) is 12.9. The van der Waals surface area contributed by atoms with Gasteiger partial charge in [-0.1, -0.05) is 115 Å². The van der Waals surface area contributed by atoms with Gasteiger partial charge in [0.15, 0.2) is 0 Å². The number of aromatic nitrogens is 2. The molecule has 0 N–H and O–H groups in total. The fraction of sp³-hybridized carbons (Fsp3) is 0. The summed E-state index contributed by atoms with van der Waals surface area (Å²) in [6, 6.07) is 61.1. The Labute approximate surface area is 298 Å². The van der Waals surface area contributed by atoms with Crippen molar-refractivity contribution in [3.05, 3.63) is 170 Å². The average Bonchev–Trinajstić information content (AvgIpc) is 3.78. The van der Waals surface area contributed by atoms with Gasteiger partial charge in [0.1, 0.15) is 22.3 Å². The molecule has 0 aliphatic heterocycles. The summed E-state index contributed by atoms with van der Waals surface area (Å²) in [6.45, 7) is 0. The van der Waals surface area contributed by atoms with Crippen molar-refractivity contribution in [3.8, 4) is 44.8 Å². The minimum Gasteiger partial charge on any atom is -0.456 e. The Morgan fingerprint density at radius 1 is 0.385 bits per heavy atom. The van der Waals surface area contributed by atoms with Crippen molar-refractivity contribution in [2.75, 3.05) is 0 Å². The van der Waals surface area contributed by atoms with Crippen molar-refractivity contribution in [2.24, 2.45) is 0 Å². The average molecular weight is 663 g/mol. The Bertz CT molecular complexity index is 3190. The maximum atomic E-state index is 6.29. The van der Waals surface area contributed by atoms with Crippen LogP contribution in [0.5, 0.6) is 0 Å². The molecule has 7 aromatic carbocycles. The molecule has 11 rings (SSSR count). The Hall–Kier alpha value is -7.22. The zero-order valence-corrected chi connectivity index (χ0v) is 27.7. The second kappa shape index (κ2) is 11.1. The van der Waals surface area contributed by atoms with Gasteiger partial charge in [0.2, 0.25) is 0 Å². The van der Waals surface area contributed by atoms with E-state index in [1.807, 2.05) is 54.6 Å². The molecule has 0 fully saturated rings. The van der Waals surface area contributed by atoms with Crippen molar-refractivity contribution in [2.45, 2.75) is 0 Å². The molecule has 240 valence electrons. The van der Waals surface area contributed by atoms with Crippen molar-refractivity contribution >= 4 is 65.7 Å². The molecule has 0 saturated carbocycles. The molecule has 4 nitrogen and oxygen atoms in total. The molecule has 0 saturated heterocycles. The smallest absolute Gasteiger partial charge is 0.145 e. The van der Waals surface area contributed by atoms with E-state index in [4.69, 9.17) is 18.8 Å². The van der Waals surface area contributed by atoms with E-state index < -0.39 is 0 Å². The third-order valence-corrected chi connectivity index (χ3v) is 10.1. The van der Waals surface area contributed by atoms with Crippen molar-refractivity contribution in [1.82, 2.24) is 9.97 Å². The first-order chi connectivity index (χ1) is 25.7. The fourth-order valence-corrected chi connectivity index (χ4v) is 7.50. The Morgan fingerprint density at radius 2 is 1.00 bits per heavy atom. The third-order valence-electron chi connectivity index (χ3n) is 10.1. The predicted molar refractivity (Wildman–Crippen MR) is 211 cm³/mol. The summed E-state index contributed by atoms with van der Waals surface area (Å²) in [5, 5.41) is 6.25. The normalized spacial score (nSPS) is 11.7. The largest absolute Gasteiger partial charge is 0.456 e. The Morgan fingerprint density at radius 3 is 1.83 bits per heavy atom. The molecule has 0 bridgehead atoms. The van der Waals surface area contributed by atoms with Crippen LogP contribution in [0.2, 0.25) is 0 Å². The zero-order valence-electron chi connectivity index (χ0n) is 27.7. The molecular formula is C48H26N2O2. The van der Waals surface area contributed by atoms with E-state index in [9.17, 15) is 0 Å². The van der Waals surface area contributed by atoms with E-state index >= 15 is 0 Å². The molecule has 0 spiro atoms. The lowest BCUT2D eigenvalue weighted by atomic mass is 9.92. The highest BCUT2D eigenvalue weighted by Gasteiger charge is 2.17. The van der Waals surface area contributed by atoms with Crippen LogP contribution in [0.15, 0.2) is 167 Å². The van der Waals surface area contributed by atoms with Crippen LogP contribution in [-0.4, -0.2) is 9.97 Å². The van der Waals surface area contributed by atoms with Gasteiger partial charge in [-0.25, -0.2) is 9.97 Å². The van der Waals surface area contributed by atoms with Gasteiger partial charge in [-0.3, -0.25) is 0 Å². The highest BCUT2D eigenvalue weighted by molar-refractivity contribution is 6.08. The summed E-state index contributed by atoms with van der Waals surface area (Å²) in [4.78, 5) is 10.5. The summed E-state index contributed by atoms with van der Waals surface area (Å²) in [6.07, 6.45) is 0. The van der Waals surface area contributed by atoms with E-state index in [0.717, 1.165) is 110 Å². The Kier molecular flexibility index (Phi) is 6.13. The van der Waals surface area contributed by atoms with E-state index in [2.05, 4.69) is 115 Å². The first kappa shape index (κ1) is 28.6. The van der Waals surface area contributed by atoms with Crippen LogP contribution in [0.25, 0.3) is 110 Å². The maximum Gasteiger partial charge on any atom is 0.145 e. The molecule has 52 heavy (non-hydrogen) atoms. The van der Waals surface area contributed by atoms with Gasteiger partial charge in [0, 0.05) is 43.6 Å². The van der Waals surface area contributed by atoms with Crippen LogP contribution >= 0.6 is 0 Å². The Balaban J connectivity index is 1.13. The fourth-order valence-electron chi connectivity index (χ4n) is 7.50. The SMILES string of the molecule is c1c(-c2ccc(-c3ccc4c(c3)oc3ccccc34)cc2-c2ccc3ccc4ccc(-c5ccccc5)nc4c3n2)cc2oc3ccccc3c2c#1. The molecule has 0 radical (unpaired) electrons. The molecule has 4 heteroatoms. The van der Waals surface area contributed by atoms with Crippen molar-refractivity contribution < 1.29 is 8.83 Å². The standard InChI is InChI=1S/C48H26N2O2/c1-2-8-29(9-3-1)41-24-19-30-14-15-31-20-25-42(50-48(31)47(30)49-41)40-26-32(33-17-22-38-36-10-4-6-12-43(36)51-45(38)27-33)16-21-35(40)34-18-23-39-37-11-5-7-13-44(37)52-46(39)28-34/h1-17,19-22,24-28H. The number of nitrogens with zero attached hydrogens (tertiary/aromatic N) is 2. The van der Waals surface area contributed by atoms with E-state index in [-0.39, 0.29) is 0 Å². The van der Waals surface area contributed by atoms with Crippen LogP contribution in [0.3, 0.4) is 0 Å². The minimum absolute atomic E-state index is 0.774. The second-order valence-corrected chi connectivity index (χ2v) is 13.2. The second-order valence-electron chi connectivity index (χ2n) is 13.2. The van der Waals surface area contributed by atoms with Crippen molar-refractivity contribution in [3.63, 3.8) is 0 Å². The lowest BCUT2D eigenvalue weighted by Crippen LogP contribution is -1.93. The summed E-state index contributed by atoms with van der Waals surface area (Å²) in [5.74, 6) is 0. The molecule has 0 unspecified atom stereocenters. The van der Waals surface area contributed by atoms with Gasteiger partial charge in [-0.05, 0) is 71.3 Å². The molecule has 4 heterocycles. The first-order valence-corrected chi connectivity index (χ1v) is 17.3. The minimum atomic E-state index is 0.774. The van der Waals surface area contributed by atoms with Crippen molar-refractivity contribution in [1.29, 1.82) is 0 Å². The molecular weight excluding hydrogens is 637 g/mol. The zero-order chi connectivity index (χ0) is 34.2. The number of hydrogen-bond donors (Lipinski definition) is 0. The van der Waals surface area contributed by atoms with Crippen LogP contribution in [0, 0.1) is 12.1 Å². The number of hydrogen-bond acceptors (Lipinski definition) is 4. The molecule has 0 aliphatic carbocycles. The van der Waals surface area contributed by atoms with E-state index in [1.165, 1.54) is 0 Å². The van der Waals surface area contributed by atoms with Crippen LogP contribution < -0.4 is 0 Å². The van der Waals surface area contributed by atoms with Gasteiger partial charge in [-0.15, -0.1) is 0 Å². The van der Waals surface area contributed by atoms with E-state index in [0.29, 0.717) is 0 Å². The molecule has 11 aromatic rings. The number of pyridine rings is 2. The molecule has 4 aromatic heterocycles. The van der Waals surface area contributed by atoms with Crippen LogP contribution in [0.1, 0.15) is 0 Å². The quantitative estimate of drug-likeness (QED) is 0.176. The number of fused-ring (bicyclic) bond motifs is 9. The summed E-state index contributed by atoms with van der Waals surface area (Å²) < 4.78 is 12.6. The summed E-state index contributed by atoms with van der Waals surface area (Å²) in [7, 11) is 0. The number of benzene rings is 6. The molecule has 0 aliphatic rings. The molecule has 0 amide bonds.